The van der Waals surface area contributed by atoms with Gasteiger partial charge in [0.15, 0.2) is 11.5 Å². The Hall–Kier alpha value is -1.58. The molecule has 0 saturated carbocycles. The number of carbonyl (C=O) groups excluding carboxylic acids is 2. The number of hydrogen-bond donors (Lipinski definition) is 0. The van der Waals surface area contributed by atoms with Crippen molar-refractivity contribution in [3.8, 4) is 0 Å². The van der Waals surface area contributed by atoms with Crippen LogP contribution in [0.15, 0.2) is 22.7 Å². The van der Waals surface area contributed by atoms with Crippen molar-refractivity contribution in [2.75, 3.05) is 0 Å². The van der Waals surface area contributed by atoms with Crippen LogP contribution in [0.2, 0.25) is 0 Å². The monoisotopic (exact) mass is 278 g/mol. The SMILES string of the molecule is CCCCCC1=C2OC(=O)C(CCCCC)=C2OC1=O. The lowest BCUT2D eigenvalue weighted by atomic mass is 10.1. The molecule has 0 amide bonds. The summed E-state index contributed by atoms with van der Waals surface area (Å²) in [5.74, 6) is 0.100. The third-order valence-corrected chi connectivity index (χ3v) is 3.70. The number of rotatable bonds is 8. The largest absolute Gasteiger partial charge is 0.418 e. The number of esters is 2. The second kappa shape index (κ2) is 6.73. The second-order valence-electron chi connectivity index (χ2n) is 5.31. The van der Waals surface area contributed by atoms with Crippen molar-refractivity contribution in [1.82, 2.24) is 0 Å². The van der Waals surface area contributed by atoms with Gasteiger partial charge >= 0.3 is 11.9 Å². The average molecular weight is 278 g/mol. The van der Waals surface area contributed by atoms with E-state index in [0.717, 1.165) is 38.5 Å². The summed E-state index contributed by atoms with van der Waals surface area (Å²) in [6.07, 6.45) is 7.37. The first-order valence-corrected chi connectivity index (χ1v) is 7.60. The van der Waals surface area contributed by atoms with Crippen LogP contribution in [0.5, 0.6) is 0 Å². The van der Waals surface area contributed by atoms with E-state index in [1.807, 2.05) is 0 Å². The van der Waals surface area contributed by atoms with E-state index in [9.17, 15) is 9.59 Å². The van der Waals surface area contributed by atoms with Gasteiger partial charge in [0, 0.05) is 0 Å². The molecule has 2 heterocycles. The summed E-state index contributed by atoms with van der Waals surface area (Å²) in [4.78, 5) is 23.7. The molecule has 0 spiro atoms. The molecule has 0 aromatic rings. The summed E-state index contributed by atoms with van der Waals surface area (Å²) < 4.78 is 10.5. The minimum Gasteiger partial charge on any atom is -0.418 e. The topological polar surface area (TPSA) is 52.6 Å². The molecular formula is C16H22O4. The Labute approximate surface area is 119 Å². The molecule has 2 rings (SSSR count). The molecule has 2 aliphatic rings. The smallest absolute Gasteiger partial charge is 0.343 e. The zero-order chi connectivity index (χ0) is 14.5. The Kier molecular flexibility index (Phi) is 4.99. The van der Waals surface area contributed by atoms with Crippen molar-refractivity contribution in [3.05, 3.63) is 22.7 Å². The van der Waals surface area contributed by atoms with Gasteiger partial charge < -0.3 is 9.47 Å². The van der Waals surface area contributed by atoms with Crippen molar-refractivity contribution in [3.63, 3.8) is 0 Å². The first-order valence-electron chi connectivity index (χ1n) is 7.60. The van der Waals surface area contributed by atoms with Crippen LogP contribution in [0.25, 0.3) is 0 Å². The molecule has 0 aliphatic carbocycles. The predicted molar refractivity (Wildman–Crippen MR) is 74.5 cm³/mol. The van der Waals surface area contributed by atoms with E-state index < -0.39 is 0 Å². The van der Waals surface area contributed by atoms with Crippen molar-refractivity contribution in [1.29, 1.82) is 0 Å². The maximum Gasteiger partial charge on any atom is 0.343 e. The summed E-state index contributed by atoms with van der Waals surface area (Å²) in [6, 6.07) is 0. The first-order chi connectivity index (χ1) is 9.69. The molecule has 0 aromatic carbocycles. The quantitative estimate of drug-likeness (QED) is 0.501. The molecule has 110 valence electrons. The molecule has 0 saturated heterocycles. The lowest BCUT2D eigenvalue weighted by molar-refractivity contribution is -0.133. The van der Waals surface area contributed by atoms with E-state index in [0.29, 0.717) is 35.5 Å². The molecule has 0 fully saturated rings. The van der Waals surface area contributed by atoms with E-state index >= 15 is 0 Å². The lowest BCUT2D eigenvalue weighted by Gasteiger charge is -2.02. The highest BCUT2D eigenvalue weighted by atomic mass is 16.6. The van der Waals surface area contributed by atoms with E-state index in [1.165, 1.54) is 0 Å². The lowest BCUT2D eigenvalue weighted by Crippen LogP contribution is -2.06. The highest BCUT2D eigenvalue weighted by Crippen LogP contribution is 2.39. The Morgan fingerprint density at radius 1 is 0.700 bits per heavy atom. The van der Waals surface area contributed by atoms with Crippen LogP contribution in [0.3, 0.4) is 0 Å². The Morgan fingerprint density at radius 2 is 1.10 bits per heavy atom. The summed E-state index contributed by atoms with van der Waals surface area (Å²) in [5.41, 5.74) is 1.07. The van der Waals surface area contributed by atoms with Gasteiger partial charge in [-0.25, -0.2) is 9.59 Å². The Morgan fingerprint density at radius 3 is 1.45 bits per heavy atom. The van der Waals surface area contributed by atoms with Gasteiger partial charge in [-0.15, -0.1) is 0 Å². The van der Waals surface area contributed by atoms with E-state index in [2.05, 4.69) is 13.8 Å². The number of hydrogen-bond acceptors (Lipinski definition) is 4. The molecule has 0 unspecified atom stereocenters. The van der Waals surface area contributed by atoms with E-state index in [1.54, 1.807) is 0 Å². The minimum absolute atomic E-state index is 0.341. The van der Waals surface area contributed by atoms with Gasteiger partial charge in [-0.05, 0) is 25.7 Å². The van der Waals surface area contributed by atoms with Crippen LogP contribution in [0, 0.1) is 0 Å². The number of fused-ring (bicyclic) bond motifs is 1. The van der Waals surface area contributed by atoms with Gasteiger partial charge in [-0.3, -0.25) is 0 Å². The van der Waals surface area contributed by atoms with Crippen LogP contribution >= 0.6 is 0 Å². The van der Waals surface area contributed by atoms with Gasteiger partial charge in [0.2, 0.25) is 0 Å². The zero-order valence-electron chi connectivity index (χ0n) is 12.3. The van der Waals surface area contributed by atoms with Crippen molar-refractivity contribution in [2.24, 2.45) is 0 Å². The van der Waals surface area contributed by atoms with Crippen molar-refractivity contribution < 1.29 is 19.1 Å². The second-order valence-corrected chi connectivity index (χ2v) is 5.31. The molecule has 0 aromatic heterocycles. The summed E-state index contributed by atoms with van der Waals surface area (Å²) in [5, 5.41) is 0. The summed E-state index contributed by atoms with van der Waals surface area (Å²) in [7, 11) is 0. The molecule has 0 bridgehead atoms. The maximum absolute atomic E-state index is 11.9. The fourth-order valence-electron chi connectivity index (χ4n) is 2.52. The molecule has 20 heavy (non-hydrogen) atoms. The Bertz CT molecular complexity index is 427. The van der Waals surface area contributed by atoms with Crippen LogP contribution in [-0.4, -0.2) is 11.9 Å². The number of ether oxygens (including phenoxy) is 2. The highest BCUT2D eigenvalue weighted by molar-refractivity contribution is 6.02. The number of carbonyl (C=O) groups is 2. The highest BCUT2D eigenvalue weighted by Gasteiger charge is 2.41. The van der Waals surface area contributed by atoms with Crippen molar-refractivity contribution in [2.45, 2.75) is 65.2 Å². The standard InChI is InChI=1S/C16H22O4/c1-3-5-7-9-11-13-14(20-15(11)17)12(16(18)19-13)10-8-6-4-2/h3-10H2,1-2H3. The van der Waals surface area contributed by atoms with Crippen LogP contribution in [0.1, 0.15) is 65.2 Å². The zero-order valence-corrected chi connectivity index (χ0v) is 12.3. The van der Waals surface area contributed by atoms with Crippen LogP contribution in [0.4, 0.5) is 0 Å². The van der Waals surface area contributed by atoms with Gasteiger partial charge in [-0.2, -0.15) is 0 Å². The van der Waals surface area contributed by atoms with Gasteiger partial charge in [-0.1, -0.05) is 39.5 Å². The van der Waals surface area contributed by atoms with E-state index in [4.69, 9.17) is 9.47 Å². The molecule has 0 radical (unpaired) electrons. The third kappa shape index (κ3) is 2.94. The molecule has 2 aliphatic heterocycles. The fraction of sp³-hybridized carbons (Fsp3) is 0.625. The average Bonchev–Trinajstić information content (AvgIpc) is 2.87. The van der Waals surface area contributed by atoms with Gasteiger partial charge in [0.05, 0.1) is 11.1 Å². The number of unbranched alkanes of at least 4 members (excludes halogenated alkanes) is 4. The van der Waals surface area contributed by atoms with Crippen LogP contribution in [-0.2, 0) is 19.1 Å². The van der Waals surface area contributed by atoms with Crippen LogP contribution < -0.4 is 0 Å². The fourth-order valence-corrected chi connectivity index (χ4v) is 2.52. The molecular weight excluding hydrogens is 256 g/mol. The summed E-state index contributed by atoms with van der Waals surface area (Å²) >= 11 is 0. The molecule has 4 heteroatoms. The minimum atomic E-state index is -0.341. The Balaban J connectivity index is 2.12. The predicted octanol–water partition coefficient (Wildman–Crippen LogP) is 3.77. The van der Waals surface area contributed by atoms with Gasteiger partial charge in [0.25, 0.3) is 0 Å². The summed E-state index contributed by atoms with van der Waals surface area (Å²) in [6.45, 7) is 4.22. The first kappa shape index (κ1) is 14.8. The van der Waals surface area contributed by atoms with Gasteiger partial charge in [0.1, 0.15) is 0 Å². The molecule has 0 atom stereocenters. The molecule has 0 N–H and O–H groups in total. The molecule has 4 nitrogen and oxygen atoms in total. The van der Waals surface area contributed by atoms with Crippen molar-refractivity contribution >= 4 is 11.9 Å². The normalized spacial score (nSPS) is 17.7. The van der Waals surface area contributed by atoms with E-state index in [-0.39, 0.29) is 11.9 Å². The third-order valence-electron chi connectivity index (χ3n) is 3.70. The maximum atomic E-state index is 11.9.